The molecule has 0 atom stereocenters. The molecular weight excluding hydrogens is 501 g/mol. The molecule has 196 valence electrons. The van der Waals surface area contributed by atoms with E-state index in [1.54, 1.807) is 0 Å². The molecule has 2 rings (SSSR count). The van der Waals surface area contributed by atoms with Crippen molar-refractivity contribution in [2.45, 2.75) is 90.3 Å². The smallest absolute Gasteiger partial charge is 0.489 e. The first-order valence-electron chi connectivity index (χ1n) is 10.9. The number of furan rings is 1. The Bertz CT molecular complexity index is 834. The van der Waals surface area contributed by atoms with E-state index in [2.05, 4.69) is 67.7 Å². The van der Waals surface area contributed by atoms with Gasteiger partial charge in [0.1, 0.15) is 17.8 Å². The summed E-state index contributed by atoms with van der Waals surface area (Å²) < 4.78 is 76.6. The highest BCUT2D eigenvalue weighted by atomic mass is 28.4. The van der Waals surface area contributed by atoms with E-state index in [0.29, 0.717) is 12.4 Å². The molecule has 34 heavy (non-hydrogen) atoms. The van der Waals surface area contributed by atoms with Crippen molar-refractivity contribution in [3.8, 4) is 0 Å². The van der Waals surface area contributed by atoms with E-state index >= 15 is 0 Å². The van der Waals surface area contributed by atoms with Gasteiger partial charge >= 0.3 is 15.2 Å². The van der Waals surface area contributed by atoms with E-state index in [-0.39, 0.29) is 28.3 Å². The Morgan fingerprint density at radius 1 is 0.971 bits per heavy atom. The van der Waals surface area contributed by atoms with Crippen LogP contribution in [-0.2, 0) is 29.1 Å². The molecule has 0 aliphatic carbocycles. The summed E-state index contributed by atoms with van der Waals surface area (Å²) in [5.41, 5.74) is 0. The minimum atomic E-state index is -2.83. The summed E-state index contributed by atoms with van der Waals surface area (Å²) in [7, 11) is -5.06. The van der Waals surface area contributed by atoms with Crippen molar-refractivity contribution in [1.82, 2.24) is 0 Å². The zero-order valence-corrected chi connectivity index (χ0v) is 24.9. The van der Waals surface area contributed by atoms with Crippen molar-refractivity contribution in [3.63, 3.8) is 0 Å². The summed E-state index contributed by atoms with van der Waals surface area (Å²) >= 11 is 0. The first-order chi connectivity index (χ1) is 15.2. The van der Waals surface area contributed by atoms with Crippen molar-refractivity contribution < 1.29 is 40.1 Å². The van der Waals surface area contributed by atoms with Gasteiger partial charge in [0, 0.05) is 12.1 Å². The van der Waals surface area contributed by atoms with E-state index in [4.69, 9.17) is 26.9 Å². The fourth-order valence-corrected chi connectivity index (χ4v) is 3.83. The molecule has 1 aliphatic heterocycles. The predicted molar refractivity (Wildman–Crippen MR) is 130 cm³/mol. The zero-order chi connectivity index (χ0) is 27.0. The Labute approximate surface area is 205 Å². The molecule has 1 aromatic heterocycles. The molecule has 6 nitrogen and oxygen atoms in total. The molecule has 1 aromatic rings. The number of rotatable bonds is 6. The highest BCUT2D eigenvalue weighted by Gasteiger charge is 2.39. The fourth-order valence-electron chi connectivity index (χ4n) is 1.96. The minimum Gasteiger partial charge on any atom is -0.489 e. The van der Waals surface area contributed by atoms with Gasteiger partial charge in [-0.05, 0) is 36.3 Å². The van der Waals surface area contributed by atoms with Gasteiger partial charge < -0.3 is 18.0 Å². The highest BCUT2D eigenvalue weighted by molar-refractivity contribution is 6.74. The summed E-state index contributed by atoms with van der Waals surface area (Å²) in [6.45, 7) is 21.3. The van der Waals surface area contributed by atoms with E-state index in [9.17, 15) is 13.2 Å². The predicted octanol–water partition coefficient (Wildman–Crippen LogP) is 6.88. The molecule has 0 radical (unpaired) electrons. The largest absolute Gasteiger partial charge is 0.549 e. The number of alkyl halides is 2. The molecule has 0 saturated carbocycles. The van der Waals surface area contributed by atoms with Crippen LogP contribution in [0.25, 0.3) is 0 Å². The van der Waals surface area contributed by atoms with Gasteiger partial charge in [-0.3, -0.25) is 8.92 Å². The third-order valence-corrected chi connectivity index (χ3v) is 15.2. The monoisotopic (exact) mass is 540 g/mol. The van der Waals surface area contributed by atoms with Crippen LogP contribution in [-0.4, -0.2) is 45.1 Å². The maximum atomic E-state index is 12.8. The molecule has 0 amide bonds. The SMILES string of the molecule is CC(C)(C)[Si](C)(C)OCC1=CC(F)(F)CO1.CC(C)(C)[Si](C)(C)OCc1cc(F)co1.O=[Si]=O. The van der Waals surface area contributed by atoms with Crippen LogP contribution < -0.4 is 0 Å². The fraction of sp³-hybridized carbons (Fsp3) is 0.727. The lowest BCUT2D eigenvalue weighted by Gasteiger charge is -2.36. The number of halogens is 3. The topological polar surface area (TPSA) is 75.0 Å². The lowest BCUT2D eigenvalue weighted by molar-refractivity contribution is 0.00818. The molecule has 0 saturated heterocycles. The van der Waals surface area contributed by atoms with Crippen molar-refractivity contribution in [2.75, 3.05) is 13.2 Å². The van der Waals surface area contributed by atoms with Crippen LogP contribution in [0.2, 0.25) is 36.3 Å². The van der Waals surface area contributed by atoms with E-state index in [1.807, 2.05) is 0 Å². The van der Waals surface area contributed by atoms with Gasteiger partial charge in [-0.2, -0.15) is 8.78 Å². The Morgan fingerprint density at radius 2 is 1.41 bits per heavy atom. The Kier molecular flexibility index (Phi) is 12.2. The molecule has 0 bridgehead atoms. The summed E-state index contributed by atoms with van der Waals surface area (Å²) in [6, 6.07) is 1.37. The second-order valence-electron chi connectivity index (χ2n) is 11.1. The van der Waals surface area contributed by atoms with Crippen LogP contribution in [0.15, 0.2) is 28.6 Å². The molecule has 0 N–H and O–H groups in total. The van der Waals surface area contributed by atoms with Crippen LogP contribution in [0.5, 0.6) is 0 Å². The molecule has 0 spiro atoms. The van der Waals surface area contributed by atoms with Crippen LogP contribution >= 0.6 is 0 Å². The number of hydrogen-bond donors (Lipinski definition) is 0. The average molecular weight is 541 g/mol. The molecule has 2 heterocycles. The third kappa shape index (κ3) is 11.5. The summed E-state index contributed by atoms with van der Waals surface area (Å²) in [5, 5.41) is 0.243. The van der Waals surface area contributed by atoms with Crippen LogP contribution in [0.3, 0.4) is 0 Å². The summed E-state index contributed by atoms with van der Waals surface area (Å²) in [6.07, 6.45) is 1.96. The normalized spacial score (nSPS) is 15.7. The van der Waals surface area contributed by atoms with Gasteiger partial charge in [0.25, 0.3) is 0 Å². The Balaban J connectivity index is 0.000000575. The van der Waals surface area contributed by atoms with Crippen molar-refractivity contribution in [1.29, 1.82) is 0 Å². The molecular formula is C22H39F3O6Si3. The van der Waals surface area contributed by atoms with Crippen LogP contribution in [0.4, 0.5) is 13.2 Å². The minimum absolute atomic E-state index is 0.0781. The highest BCUT2D eigenvalue weighted by Crippen LogP contribution is 2.38. The maximum absolute atomic E-state index is 12.8. The van der Waals surface area contributed by atoms with Gasteiger partial charge in [-0.25, -0.2) is 4.39 Å². The standard InChI is InChI=1S/C11H20F2O2Si.C11H19FO2Si.O2Si/c1-10(2,3)16(4,5)15-7-9-6-11(12,13)8-14-9;1-11(2,3)15(4,5)14-8-10-6-9(12)7-13-10;1-3-2/h6H,7-8H2,1-5H3;6-7H,8H2,1-5H3;. The van der Waals surface area contributed by atoms with Gasteiger partial charge in [-0.1, -0.05) is 41.5 Å². The summed E-state index contributed by atoms with van der Waals surface area (Å²) in [4.78, 5) is 0. The van der Waals surface area contributed by atoms with Crippen molar-refractivity contribution in [3.05, 3.63) is 35.7 Å². The van der Waals surface area contributed by atoms with Crippen LogP contribution in [0.1, 0.15) is 47.3 Å². The van der Waals surface area contributed by atoms with Crippen molar-refractivity contribution in [2.24, 2.45) is 0 Å². The van der Waals surface area contributed by atoms with E-state index < -0.39 is 38.5 Å². The van der Waals surface area contributed by atoms with E-state index in [1.165, 1.54) is 6.07 Å². The molecule has 0 fully saturated rings. The van der Waals surface area contributed by atoms with Gasteiger partial charge in [0.2, 0.25) is 0 Å². The lowest BCUT2D eigenvalue weighted by atomic mass is 10.2. The first kappa shape index (κ1) is 32.8. The third-order valence-electron chi connectivity index (χ3n) is 6.21. The molecule has 0 unspecified atom stereocenters. The Morgan fingerprint density at radius 3 is 1.74 bits per heavy atom. The first-order valence-corrected chi connectivity index (χ1v) is 17.5. The van der Waals surface area contributed by atoms with E-state index in [0.717, 1.165) is 12.3 Å². The van der Waals surface area contributed by atoms with Gasteiger partial charge in [0.15, 0.2) is 29.1 Å². The number of ether oxygens (including phenoxy) is 1. The van der Waals surface area contributed by atoms with Crippen LogP contribution in [0, 0.1) is 5.82 Å². The number of hydrogen-bond acceptors (Lipinski definition) is 6. The maximum Gasteiger partial charge on any atom is 0.549 e. The second kappa shape index (κ2) is 12.7. The van der Waals surface area contributed by atoms with Gasteiger partial charge in [-0.15, -0.1) is 0 Å². The second-order valence-corrected chi connectivity index (χ2v) is 20.9. The Hall–Kier alpha value is -1.22. The quantitative estimate of drug-likeness (QED) is 0.366. The lowest BCUT2D eigenvalue weighted by Crippen LogP contribution is -2.41. The zero-order valence-electron chi connectivity index (χ0n) is 21.9. The molecule has 0 aromatic carbocycles. The van der Waals surface area contributed by atoms with Gasteiger partial charge in [0.05, 0.1) is 13.2 Å². The summed E-state index contributed by atoms with van der Waals surface area (Å²) in [5.74, 6) is -2.36. The molecule has 1 aliphatic rings. The molecule has 12 heteroatoms. The van der Waals surface area contributed by atoms with Crippen molar-refractivity contribution >= 4 is 25.9 Å². The average Bonchev–Trinajstić information content (AvgIpc) is 3.22.